The van der Waals surface area contributed by atoms with Gasteiger partial charge in [-0.1, -0.05) is 12.1 Å². The highest BCUT2D eigenvalue weighted by atomic mass is 16.5. The van der Waals surface area contributed by atoms with Crippen LogP contribution >= 0.6 is 0 Å². The van der Waals surface area contributed by atoms with E-state index in [0.717, 1.165) is 53.9 Å². The molecule has 0 saturated carbocycles. The van der Waals surface area contributed by atoms with Crippen molar-refractivity contribution in [1.29, 1.82) is 0 Å². The Bertz CT molecular complexity index is 1140. The minimum Gasteiger partial charge on any atom is -0.452 e. The molecule has 0 spiro atoms. The van der Waals surface area contributed by atoms with Crippen molar-refractivity contribution in [2.45, 2.75) is 26.7 Å². The van der Waals surface area contributed by atoms with Crippen LogP contribution in [0.2, 0.25) is 0 Å². The molecule has 0 fully saturated rings. The van der Waals surface area contributed by atoms with Crippen molar-refractivity contribution < 1.29 is 4.74 Å². The zero-order chi connectivity index (χ0) is 17.7. The van der Waals surface area contributed by atoms with Crippen LogP contribution in [-0.2, 0) is 6.42 Å². The second-order valence-electron chi connectivity index (χ2n) is 6.97. The van der Waals surface area contributed by atoms with Crippen molar-refractivity contribution >= 4 is 28.2 Å². The van der Waals surface area contributed by atoms with E-state index in [2.05, 4.69) is 67.3 Å². The normalized spacial score (nSPS) is 13.9. The lowest BCUT2D eigenvalue weighted by Crippen LogP contribution is -2.21. The number of ether oxygens (including phenoxy) is 1. The van der Waals surface area contributed by atoms with Crippen molar-refractivity contribution in [3.63, 3.8) is 0 Å². The minimum absolute atomic E-state index is 0.870. The highest BCUT2D eigenvalue weighted by Gasteiger charge is 2.18. The number of fused-ring (bicyclic) bond motifs is 5. The van der Waals surface area contributed by atoms with E-state index in [1.54, 1.807) is 0 Å². The number of nitrogens with zero attached hydrogens (tertiary/aromatic N) is 2. The number of benzene rings is 3. The Morgan fingerprint density at radius 2 is 1.92 bits per heavy atom. The van der Waals surface area contributed by atoms with Crippen LogP contribution in [0.25, 0.3) is 16.8 Å². The summed E-state index contributed by atoms with van der Waals surface area (Å²) in [6.45, 7) is 6.39. The van der Waals surface area contributed by atoms with Crippen LogP contribution in [0.4, 0.5) is 11.4 Å². The van der Waals surface area contributed by atoms with E-state index in [-0.39, 0.29) is 0 Å². The minimum atomic E-state index is 0.870. The summed E-state index contributed by atoms with van der Waals surface area (Å²) in [6, 6.07) is 15.2. The molecule has 0 bridgehead atoms. The van der Waals surface area contributed by atoms with Gasteiger partial charge in [0.2, 0.25) is 0 Å². The first-order valence-corrected chi connectivity index (χ1v) is 9.48. The zero-order valence-electron chi connectivity index (χ0n) is 15.2. The second-order valence-corrected chi connectivity index (χ2v) is 6.97. The molecule has 5 rings (SSSR count). The Labute approximate surface area is 153 Å². The van der Waals surface area contributed by atoms with Crippen LogP contribution in [0.5, 0.6) is 11.5 Å². The van der Waals surface area contributed by atoms with Crippen LogP contribution in [0.1, 0.15) is 25.8 Å². The SMILES string of the molecule is CCN(CC)c1ccc2c3c(ccc2c1)N=c1cc2c(cc1O3)=CCC2. The molecule has 0 aromatic heterocycles. The van der Waals surface area contributed by atoms with Crippen molar-refractivity contribution in [2.24, 2.45) is 4.99 Å². The zero-order valence-corrected chi connectivity index (χ0v) is 15.2. The third kappa shape index (κ3) is 2.31. The highest BCUT2D eigenvalue weighted by Crippen LogP contribution is 2.41. The third-order valence-electron chi connectivity index (χ3n) is 5.51. The van der Waals surface area contributed by atoms with E-state index in [9.17, 15) is 0 Å². The van der Waals surface area contributed by atoms with Crippen LogP contribution in [0.15, 0.2) is 47.5 Å². The lowest BCUT2D eigenvalue weighted by molar-refractivity contribution is 0.475. The van der Waals surface area contributed by atoms with Crippen molar-refractivity contribution in [3.05, 3.63) is 58.6 Å². The first-order chi connectivity index (χ1) is 12.8. The lowest BCUT2D eigenvalue weighted by Gasteiger charge is -2.22. The van der Waals surface area contributed by atoms with E-state index in [4.69, 9.17) is 9.73 Å². The number of rotatable bonds is 3. The smallest absolute Gasteiger partial charge is 0.160 e. The molecule has 0 saturated heterocycles. The summed E-state index contributed by atoms with van der Waals surface area (Å²) in [5.41, 5.74) is 3.55. The van der Waals surface area contributed by atoms with Crippen molar-refractivity contribution in [2.75, 3.05) is 18.0 Å². The van der Waals surface area contributed by atoms with Gasteiger partial charge < -0.3 is 9.64 Å². The Morgan fingerprint density at radius 3 is 2.77 bits per heavy atom. The summed E-state index contributed by atoms with van der Waals surface area (Å²) in [5, 5.41) is 4.56. The molecule has 3 nitrogen and oxygen atoms in total. The monoisotopic (exact) mass is 342 g/mol. The maximum absolute atomic E-state index is 6.34. The molecule has 0 unspecified atom stereocenters. The summed E-state index contributed by atoms with van der Waals surface area (Å²) < 4.78 is 6.34. The predicted octanol–water partition coefficient (Wildman–Crippen LogP) is 4.47. The van der Waals surface area contributed by atoms with E-state index in [1.165, 1.54) is 21.9 Å². The molecule has 3 aromatic carbocycles. The summed E-state index contributed by atoms with van der Waals surface area (Å²) in [4.78, 5) is 7.24. The molecule has 0 radical (unpaired) electrons. The Balaban J connectivity index is 1.67. The van der Waals surface area contributed by atoms with Gasteiger partial charge in [-0.3, -0.25) is 0 Å². The predicted molar refractivity (Wildman–Crippen MR) is 107 cm³/mol. The maximum Gasteiger partial charge on any atom is 0.160 e. The second kappa shape index (κ2) is 5.87. The fraction of sp³-hybridized carbons (Fsp3) is 0.261. The van der Waals surface area contributed by atoms with Crippen LogP contribution < -0.4 is 20.2 Å². The van der Waals surface area contributed by atoms with Crippen molar-refractivity contribution in [1.82, 2.24) is 0 Å². The quantitative estimate of drug-likeness (QED) is 0.549. The Kier molecular flexibility index (Phi) is 3.49. The molecule has 1 aliphatic heterocycles. The van der Waals surface area contributed by atoms with Gasteiger partial charge in [-0.15, -0.1) is 0 Å². The molecule has 0 amide bonds. The molecular formula is C23H22N2O. The van der Waals surface area contributed by atoms with Gasteiger partial charge in [0.25, 0.3) is 0 Å². The van der Waals surface area contributed by atoms with E-state index in [1.807, 2.05) is 0 Å². The van der Waals surface area contributed by atoms with E-state index in [0.29, 0.717) is 0 Å². The molecule has 1 heterocycles. The van der Waals surface area contributed by atoms with Crippen LogP contribution in [0.3, 0.4) is 0 Å². The molecule has 0 N–H and O–H groups in total. The molecule has 26 heavy (non-hydrogen) atoms. The number of hydrogen-bond acceptors (Lipinski definition) is 3. The fourth-order valence-corrected chi connectivity index (χ4v) is 4.08. The topological polar surface area (TPSA) is 24.8 Å². The summed E-state index contributed by atoms with van der Waals surface area (Å²) in [7, 11) is 0. The summed E-state index contributed by atoms with van der Waals surface area (Å²) in [6.07, 6.45) is 4.51. The molecule has 2 aliphatic rings. The van der Waals surface area contributed by atoms with Gasteiger partial charge in [0, 0.05) is 24.2 Å². The largest absolute Gasteiger partial charge is 0.452 e. The fourth-order valence-electron chi connectivity index (χ4n) is 4.08. The first kappa shape index (κ1) is 15.4. The first-order valence-electron chi connectivity index (χ1n) is 9.48. The Hall–Kier alpha value is -2.81. The summed E-state index contributed by atoms with van der Waals surface area (Å²) in [5.74, 6) is 1.74. The van der Waals surface area contributed by atoms with Crippen molar-refractivity contribution in [3.8, 4) is 11.5 Å². The van der Waals surface area contributed by atoms with Gasteiger partial charge in [-0.05, 0) is 79.3 Å². The molecule has 1 aliphatic carbocycles. The van der Waals surface area contributed by atoms with Crippen LogP contribution in [-0.4, -0.2) is 13.1 Å². The van der Waals surface area contributed by atoms with Gasteiger partial charge in [0.15, 0.2) is 11.5 Å². The highest BCUT2D eigenvalue weighted by molar-refractivity contribution is 5.95. The van der Waals surface area contributed by atoms with Gasteiger partial charge in [-0.2, -0.15) is 0 Å². The molecule has 3 heteroatoms. The molecule has 0 atom stereocenters. The summed E-state index contributed by atoms with van der Waals surface area (Å²) >= 11 is 0. The third-order valence-corrected chi connectivity index (χ3v) is 5.51. The number of hydrogen-bond donors (Lipinski definition) is 0. The van der Waals surface area contributed by atoms with Gasteiger partial charge in [-0.25, -0.2) is 4.99 Å². The molecule has 130 valence electrons. The standard InChI is InChI=1S/C23H22N2O/c1-3-25(4-2)18-9-10-19-17(12-18)8-11-20-23(19)26-22-14-16-7-5-6-15(16)13-21(22)24-20/h7-14H,3-6H2,1-2H3. The molecule has 3 aromatic rings. The van der Waals surface area contributed by atoms with Gasteiger partial charge in [0.05, 0.1) is 0 Å². The number of aryl methyl sites for hydroxylation is 1. The van der Waals surface area contributed by atoms with Crippen LogP contribution in [0, 0.1) is 0 Å². The maximum atomic E-state index is 6.34. The van der Waals surface area contributed by atoms with E-state index >= 15 is 0 Å². The Morgan fingerprint density at radius 1 is 1.04 bits per heavy atom. The van der Waals surface area contributed by atoms with E-state index < -0.39 is 0 Å². The molecular weight excluding hydrogens is 320 g/mol. The van der Waals surface area contributed by atoms with Gasteiger partial charge in [0.1, 0.15) is 11.0 Å². The number of anilines is 1. The average molecular weight is 342 g/mol. The lowest BCUT2D eigenvalue weighted by atomic mass is 10.1. The van der Waals surface area contributed by atoms with Gasteiger partial charge >= 0.3 is 0 Å². The average Bonchev–Trinajstić information content (AvgIpc) is 3.12.